The monoisotopic (exact) mass is 549 g/mol. The molecule has 216 valence electrons. The van der Waals surface area contributed by atoms with Gasteiger partial charge in [-0.05, 0) is 70.4 Å². The van der Waals surface area contributed by atoms with Crippen LogP contribution in [-0.2, 0) is 20.7 Å². The molecule has 2 rings (SSSR count). The standard InChI is InChI=1S/C32H43N3O5/c1-8-10-13-20-35(28(29(37)33-22(3)4)26-15-12-11-14-24(26)9-2)30(38)27(34-31(39)40-32(5,6)7)21-23-16-18-25(36)19-17-23/h2,11-12,14-19,22,27-28,36H,8,10,13,20-21H2,1,3-7H3,(H,33,37)(H,34,39). The number of unbranched alkanes of at least 4 members (excludes halogenated alkanes) is 2. The van der Waals surface area contributed by atoms with Gasteiger partial charge in [0.1, 0.15) is 23.4 Å². The Hall–Kier alpha value is -3.99. The lowest BCUT2D eigenvalue weighted by molar-refractivity contribution is -0.142. The zero-order chi connectivity index (χ0) is 29.9. The van der Waals surface area contributed by atoms with Crippen molar-refractivity contribution in [3.63, 3.8) is 0 Å². The minimum absolute atomic E-state index is 0.0873. The normalized spacial score (nSPS) is 12.7. The molecule has 0 heterocycles. The molecule has 0 saturated carbocycles. The Kier molecular flexibility index (Phi) is 12.1. The third-order valence-electron chi connectivity index (χ3n) is 6.05. The zero-order valence-corrected chi connectivity index (χ0v) is 24.5. The van der Waals surface area contributed by atoms with Gasteiger partial charge in [-0.2, -0.15) is 0 Å². The Morgan fingerprint density at radius 1 is 1.02 bits per heavy atom. The molecule has 0 aromatic heterocycles. The molecule has 0 aliphatic rings. The summed E-state index contributed by atoms with van der Waals surface area (Å²) in [5.41, 5.74) is 0.985. The van der Waals surface area contributed by atoms with E-state index in [0.717, 1.165) is 12.8 Å². The van der Waals surface area contributed by atoms with E-state index in [4.69, 9.17) is 11.2 Å². The molecular formula is C32H43N3O5. The van der Waals surface area contributed by atoms with E-state index in [2.05, 4.69) is 23.5 Å². The number of phenols is 1. The second-order valence-electron chi connectivity index (χ2n) is 11.1. The maximum Gasteiger partial charge on any atom is 0.408 e. The van der Waals surface area contributed by atoms with Gasteiger partial charge < -0.3 is 25.4 Å². The molecule has 3 N–H and O–H groups in total. The van der Waals surface area contributed by atoms with Gasteiger partial charge in [-0.3, -0.25) is 9.59 Å². The number of terminal acetylenes is 1. The molecule has 0 aliphatic heterocycles. The molecule has 0 fully saturated rings. The number of alkyl carbamates (subject to hydrolysis) is 1. The van der Waals surface area contributed by atoms with E-state index in [1.54, 1.807) is 57.2 Å². The van der Waals surface area contributed by atoms with Crippen molar-refractivity contribution in [3.8, 4) is 18.1 Å². The van der Waals surface area contributed by atoms with Crippen LogP contribution in [0.4, 0.5) is 4.79 Å². The number of nitrogens with one attached hydrogen (secondary N) is 2. The highest BCUT2D eigenvalue weighted by atomic mass is 16.6. The van der Waals surface area contributed by atoms with Crippen LogP contribution in [0, 0.1) is 12.3 Å². The number of benzene rings is 2. The van der Waals surface area contributed by atoms with Crippen LogP contribution in [0.5, 0.6) is 5.75 Å². The molecule has 2 atom stereocenters. The molecule has 0 aliphatic carbocycles. The van der Waals surface area contributed by atoms with Crippen LogP contribution in [0.15, 0.2) is 48.5 Å². The molecular weight excluding hydrogens is 506 g/mol. The van der Waals surface area contributed by atoms with Crippen molar-refractivity contribution < 1.29 is 24.2 Å². The largest absolute Gasteiger partial charge is 0.508 e. The molecule has 8 nitrogen and oxygen atoms in total. The third kappa shape index (κ3) is 9.96. The predicted octanol–water partition coefficient (Wildman–Crippen LogP) is 5.09. The maximum absolute atomic E-state index is 14.4. The third-order valence-corrected chi connectivity index (χ3v) is 6.05. The number of carbonyl (C=O) groups is 3. The number of ether oxygens (including phenoxy) is 1. The lowest BCUT2D eigenvalue weighted by Crippen LogP contribution is -2.54. The van der Waals surface area contributed by atoms with Gasteiger partial charge in [0.25, 0.3) is 0 Å². The first-order valence-corrected chi connectivity index (χ1v) is 13.8. The van der Waals surface area contributed by atoms with E-state index in [0.29, 0.717) is 23.1 Å². The van der Waals surface area contributed by atoms with Crippen LogP contribution in [0.2, 0.25) is 0 Å². The first-order chi connectivity index (χ1) is 18.9. The van der Waals surface area contributed by atoms with Crippen molar-refractivity contribution in [1.29, 1.82) is 0 Å². The summed E-state index contributed by atoms with van der Waals surface area (Å²) in [6.45, 7) is 11.3. The Labute approximate surface area is 238 Å². The number of nitrogens with zero attached hydrogens (tertiary/aromatic N) is 1. The topological polar surface area (TPSA) is 108 Å². The van der Waals surface area contributed by atoms with E-state index in [1.165, 1.54) is 17.0 Å². The van der Waals surface area contributed by atoms with Gasteiger partial charge in [-0.15, -0.1) is 6.42 Å². The van der Waals surface area contributed by atoms with Gasteiger partial charge in [0.05, 0.1) is 0 Å². The summed E-state index contributed by atoms with van der Waals surface area (Å²) < 4.78 is 5.47. The number of rotatable bonds is 12. The SMILES string of the molecule is C#Cc1ccccc1C(C(=O)NC(C)C)N(CCCCC)C(=O)C(Cc1ccc(O)cc1)NC(=O)OC(C)(C)C. The molecule has 0 radical (unpaired) electrons. The van der Waals surface area contributed by atoms with Gasteiger partial charge >= 0.3 is 6.09 Å². The lowest BCUT2D eigenvalue weighted by Gasteiger charge is -2.35. The summed E-state index contributed by atoms with van der Waals surface area (Å²) in [5, 5.41) is 15.4. The van der Waals surface area contributed by atoms with Gasteiger partial charge in [-0.25, -0.2) is 4.79 Å². The second kappa shape index (κ2) is 15.0. The van der Waals surface area contributed by atoms with Crippen LogP contribution < -0.4 is 10.6 Å². The van der Waals surface area contributed by atoms with Crippen LogP contribution in [0.1, 0.15) is 83.5 Å². The summed E-state index contributed by atoms with van der Waals surface area (Å²) in [6, 6.07) is 11.3. The first kappa shape index (κ1) is 32.2. The van der Waals surface area contributed by atoms with Crippen molar-refractivity contribution >= 4 is 17.9 Å². The molecule has 0 saturated heterocycles. The minimum Gasteiger partial charge on any atom is -0.508 e. The number of phenolic OH excluding ortho intramolecular Hbond substituents is 1. The van der Waals surface area contributed by atoms with Gasteiger partial charge in [-0.1, -0.05) is 56.0 Å². The van der Waals surface area contributed by atoms with Crippen LogP contribution >= 0.6 is 0 Å². The second-order valence-corrected chi connectivity index (χ2v) is 11.1. The molecule has 0 spiro atoms. The fourth-order valence-corrected chi connectivity index (χ4v) is 4.30. The van der Waals surface area contributed by atoms with E-state index < -0.39 is 29.7 Å². The summed E-state index contributed by atoms with van der Waals surface area (Å²) in [5.74, 6) is 1.94. The van der Waals surface area contributed by atoms with E-state index >= 15 is 0 Å². The van der Waals surface area contributed by atoms with E-state index in [9.17, 15) is 19.5 Å². The summed E-state index contributed by atoms with van der Waals surface area (Å²) in [4.78, 5) is 42.5. The zero-order valence-electron chi connectivity index (χ0n) is 24.5. The Balaban J connectivity index is 2.61. The quantitative estimate of drug-likeness (QED) is 0.252. The first-order valence-electron chi connectivity index (χ1n) is 13.8. The summed E-state index contributed by atoms with van der Waals surface area (Å²) in [6.07, 6.45) is 7.61. The molecule has 0 bridgehead atoms. The van der Waals surface area contributed by atoms with Gasteiger partial charge in [0.2, 0.25) is 11.8 Å². The maximum atomic E-state index is 14.4. The van der Waals surface area contributed by atoms with E-state index in [1.807, 2.05) is 13.8 Å². The van der Waals surface area contributed by atoms with Crippen molar-refractivity contribution in [1.82, 2.24) is 15.5 Å². The Morgan fingerprint density at radius 3 is 2.25 bits per heavy atom. The number of hydrogen-bond acceptors (Lipinski definition) is 5. The van der Waals surface area contributed by atoms with Crippen molar-refractivity contribution in [2.45, 2.75) is 91.0 Å². The Morgan fingerprint density at radius 2 is 1.68 bits per heavy atom. The number of aromatic hydroxyl groups is 1. The predicted molar refractivity (Wildman–Crippen MR) is 157 cm³/mol. The molecule has 40 heavy (non-hydrogen) atoms. The molecule has 3 amide bonds. The van der Waals surface area contributed by atoms with Gasteiger partial charge in [0.15, 0.2) is 0 Å². The average molecular weight is 550 g/mol. The number of hydrogen-bond donors (Lipinski definition) is 3. The van der Waals surface area contributed by atoms with Crippen LogP contribution in [0.3, 0.4) is 0 Å². The molecule has 2 aromatic carbocycles. The molecule has 2 unspecified atom stereocenters. The van der Waals surface area contributed by atoms with Crippen molar-refractivity contribution in [3.05, 3.63) is 65.2 Å². The number of amides is 3. The lowest BCUT2D eigenvalue weighted by atomic mass is 9.96. The molecule has 2 aromatic rings. The number of carbonyl (C=O) groups excluding carboxylic acids is 3. The molecule has 8 heteroatoms. The highest BCUT2D eigenvalue weighted by Gasteiger charge is 2.37. The average Bonchev–Trinajstić information content (AvgIpc) is 2.87. The van der Waals surface area contributed by atoms with Crippen LogP contribution in [-0.4, -0.2) is 52.1 Å². The fraction of sp³-hybridized carbons (Fsp3) is 0.469. The highest BCUT2D eigenvalue weighted by Crippen LogP contribution is 2.27. The van der Waals surface area contributed by atoms with Gasteiger partial charge in [0, 0.05) is 24.6 Å². The van der Waals surface area contributed by atoms with Crippen LogP contribution in [0.25, 0.3) is 0 Å². The summed E-state index contributed by atoms with van der Waals surface area (Å²) in [7, 11) is 0. The smallest absolute Gasteiger partial charge is 0.408 e. The summed E-state index contributed by atoms with van der Waals surface area (Å²) >= 11 is 0. The fourth-order valence-electron chi connectivity index (χ4n) is 4.30. The van der Waals surface area contributed by atoms with E-state index in [-0.39, 0.29) is 30.7 Å². The minimum atomic E-state index is -1.05. The highest BCUT2D eigenvalue weighted by molar-refractivity contribution is 5.92. The van der Waals surface area contributed by atoms with Crippen molar-refractivity contribution in [2.24, 2.45) is 0 Å². The van der Waals surface area contributed by atoms with Crippen molar-refractivity contribution in [2.75, 3.05) is 6.54 Å². The Bertz CT molecular complexity index is 1180.